The highest BCUT2D eigenvalue weighted by molar-refractivity contribution is 7.89. The Morgan fingerprint density at radius 3 is 2.64 bits per heavy atom. The van der Waals surface area contributed by atoms with E-state index < -0.39 is 15.6 Å². The van der Waals surface area contributed by atoms with Crippen molar-refractivity contribution in [2.45, 2.75) is 45.6 Å². The standard InChI is InChI=1S/C13H21N5O3S/c1-4-13(5-2,6-7-22(14,19)20)21-12-10(3)8-11-15-9-16-18(11)17-12/h8-9H,4-7H2,1-3H3,(H2,14,19,20). The fraction of sp³-hybridized carbons (Fsp3) is 0.615. The number of hydrogen-bond donors (Lipinski definition) is 1. The van der Waals surface area contributed by atoms with Crippen molar-refractivity contribution in [3.8, 4) is 5.88 Å². The Morgan fingerprint density at radius 2 is 2.05 bits per heavy atom. The zero-order chi connectivity index (χ0) is 16.4. The van der Waals surface area contributed by atoms with Crippen molar-refractivity contribution < 1.29 is 13.2 Å². The van der Waals surface area contributed by atoms with Gasteiger partial charge in [0, 0.05) is 12.0 Å². The molecule has 2 heterocycles. The Bertz CT molecular complexity index is 752. The fourth-order valence-electron chi connectivity index (χ4n) is 2.27. The van der Waals surface area contributed by atoms with Crippen molar-refractivity contribution in [2.24, 2.45) is 5.14 Å². The van der Waals surface area contributed by atoms with Gasteiger partial charge in [-0.15, -0.1) is 14.8 Å². The van der Waals surface area contributed by atoms with E-state index >= 15 is 0 Å². The predicted molar refractivity (Wildman–Crippen MR) is 82.1 cm³/mol. The first-order valence-electron chi connectivity index (χ1n) is 7.16. The number of rotatable bonds is 7. The van der Waals surface area contributed by atoms with Gasteiger partial charge in [-0.2, -0.15) is 0 Å². The van der Waals surface area contributed by atoms with Gasteiger partial charge in [-0.1, -0.05) is 13.8 Å². The lowest BCUT2D eigenvalue weighted by molar-refractivity contribution is 0.0494. The number of primary sulfonamides is 1. The van der Waals surface area contributed by atoms with E-state index in [9.17, 15) is 8.42 Å². The van der Waals surface area contributed by atoms with E-state index in [2.05, 4.69) is 15.2 Å². The number of ether oxygens (including phenoxy) is 1. The molecule has 9 heteroatoms. The summed E-state index contributed by atoms with van der Waals surface area (Å²) in [5, 5.41) is 13.4. The van der Waals surface area contributed by atoms with Gasteiger partial charge in [0.05, 0.1) is 5.75 Å². The SMILES string of the molecule is CCC(CC)(CCS(N)(=O)=O)Oc1nn2ncnc2cc1C. The van der Waals surface area contributed by atoms with Crippen LogP contribution in [0.25, 0.3) is 5.65 Å². The number of hydrogen-bond acceptors (Lipinski definition) is 6. The number of fused-ring (bicyclic) bond motifs is 1. The maximum atomic E-state index is 11.3. The summed E-state index contributed by atoms with van der Waals surface area (Å²) >= 11 is 0. The van der Waals surface area contributed by atoms with Gasteiger partial charge in [-0.3, -0.25) is 0 Å². The second-order valence-electron chi connectivity index (χ2n) is 5.35. The first-order chi connectivity index (χ1) is 10.3. The third-order valence-electron chi connectivity index (χ3n) is 3.87. The van der Waals surface area contributed by atoms with Crippen molar-refractivity contribution in [3.63, 3.8) is 0 Å². The maximum Gasteiger partial charge on any atom is 0.237 e. The zero-order valence-corrected chi connectivity index (χ0v) is 13.8. The number of aromatic nitrogens is 4. The van der Waals surface area contributed by atoms with Gasteiger partial charge in [0.15, 0.2) is 5.65 Å². The lowest BCUT2D eigenvalue weighted by Gasteiger charge is -2.32. The quantitative estimate of drug-likeness (QED) is 0.813. The van der Waals surface area contributed by atoms with E-state index in [0.717, 1.165) is 5.56 Å². The summed E-state index contributed by atoms with van der Waals surface area (Å²) in [6.45, 7) is 5.78. The lowest BCUT2D eigenvalue weighted by atomic mass is 9.94. The number of nitrogens with zero attached hydrogens (tertiary/aromatic N) is 4. The Balaban J connectivity index is 2.30. The molecule has 8 nitrogen and oxygen atoms in total. The van der Waals surface area contributed by atoms with Crippen LogP contribution in [0.4, 0.5) is 0 Å². The molecule has 22 heavy (non-hydrogen) atoms. The van der Waals surface area contributed by atoms with Gasteiger partial charge in [-0.05, 0) is 25.8 Å². The van der Waals surface area contributed by atoms with Crippen molar-refractivity contribution >= 4 is 15.7 Å². The molecule has 0 aliphatic rings. The van der Waals surface area contributed by atoms with Crippen LogP contribution in [0, 0.1) is 6.92 Å². The summed E-state index contributed by atoms with van der Waals surface area (Å²) in [5.74, 6) is 0.301. The minimum atomic E-state index is -3.53. The third kappa shape index (κ3) is 3.72. The molecule has 0 aliphatic heterocycles. The van der Waals surface area contributed by atoms with Crippen LogP contribution < -0.4 is 9.88 Å². The molecule has 0 bridgehead atoms. The normalized spacial score (nSPS) is 12.7. The minimum absolute atomic E-state index is 0.126. The van der Waals surface area contributed by atoms with E-state index in [1.165, 1.54) is 11.0 Å². The van der Waals surface area contributed by atoms with Gasteiger partial charge >= 0.3 is 0 Å². The van der Waals surface area contributed by atoms with Crippen LogP contribution in [0.15, 0.2) is 12.4 Å². The molecule has 2 N–H and O–H groups in total. The first-order valence-corrected chi connectivity index (χ1v) is 8.87. The lowest BCUT2D eigenvalue weighted by Crippen LogP contribution is -2.38. The van der Waals surface area contributed by atoms with Gasteiger partial charge in [0.1, 0.15) is 11.9 Å². The van der Waals surface area contributed by atoms with Crippen LogP contribution in [-0.2, 0) is 10.0 Å². The van der Waals surface area contributed by atoms with Crippen LogP contribution in [0.3, 0.4) is 0 Å². The molecule has 0 aromatic carbocycles. The summed E-state index contributed by atoms with van der Waals surface area (Å²) in [6.07, 6.45) is 3.03. The summed E-state index contributed by atoms with van der Waals surface area (Å²) in [7, 11) is -3.53. The molecule has 2 aromatic rings. The monoisotopic (exact) mass is 327 g/mol. The molecule has 0 fully saturated rings. The molecule has 0 atom stereocenters. The molecule has 2 aromatic heterocycles. The van der Waals surface area contributed by atoms with Crippen LogP contribution in [-0.4, -0.2) is 39.6 Å². The molecule has 122 valence electrons. The zero-order valence-electron chi connectivity index (χ0n) is 13.0. The third-order valence-corrected chi connectivity index (χ3v) is 4.64. The molecular weight excluding hydrogens is 306 g/mol. The minimum Gasteiger partial charge on any atom is -0.470 e. The Kier molecular flexibility index (Phi) is 4.66. The second kappa shape index (κ2) is 6.17. The molecule has 0 saturated carbocycles. The van der Waals surface area contributed by atoms with Gasteiger partial charge in [0.25, 0.3) is 0 Å². The van der Waals surface area contributed by atoms with E-state index in [-0.39, 0.29) is 5.75 Å². The highest BCUT2D eigenvalue weighted by atomic mass is 32.2. The number of sulfonamides is 1. The van der Waals surface area contributed by atoms with Gasteiger partial charge < -0.3 is 4.74 Å². The fourth-order valence-corrected chi connectivity index (χ4v) is 2.93. The van der Waals surface area contributed by atoms with Crippen molar-refractivity contribution in [3.05, 3.63) is 18.0 Å². The second-order valence-corrected chi connectivity index (χ2v) is 7.08. The number of nitrogens with two attached hydrogens (primary N) is 1. The number of aryl methyl sites for hydroxylation is 1. The molecule has 0 aliphatic carbocycles. The molecule has 2 rings (SSSR count). The Labute approximate surface area is 129 Å². The average Bonchev–Trinajstić information content (AvgIpc) is 2.90. The van der Waals surface area contributed by atoms with E-state index in [4.69, 9.17) is 9.88 Å². The molecule has 0 spiro atoms. The van der Waals surface area contributed by atoms with Crippen LogP contribution >= 0.6 is 0 Å². The van der Waals surface area contributed by atoms with E-state index in [0.29, 0.717) is 30.8 Å². The predicted octanol–water partition coefficient (Wildman–Crippen LogP) is 1.05. The first kappa shape index (κ1) is 16.6. The molecule has 0 radical (unpaired) electrons. The van der Waals surface area contributed by atoms with Crippen LogP contribution in [0.2, 0.25) is 0 Å². The maximum absolute atomic E-state index is 11.3. The van der Waals surface area contributed by atoms with E-state index in [1.54, 1.807) is 0 Å². The molecule has 0 saturated heterocycles. The van der Waals surface area contributed by atoms with E-state index in [1.807, 2.05) is 26.8 Å². The van der Waals surface area contributed by atoms with Gasteiger partial charge in [-0.25, -0.2) is 18.5 Å². The average molecular weight is 327 g/mol. The van der Waals surface area contributed by atoms with Crippen molar-refractivity contribution in [2.75, 3.05) is 5.75 Å². The van der Waals surface area contributed by atoms with Crippen LogP contribution in [0.5, 0.6) is 5.88 Å². The highest BCUT2D eigenvalue weighted by Gasteiger charge is 2.31. The Morgan fingerprint density at radius 1 is 1.36 bits per heavy atom. The van der Waals surface area contributed by atoms with Crippen molar-refractivity contribution in [1.29, 1.82) is 0 Å². The summed E-state index contributed by atoms with van der Waals surface area (Å²) in [6, 6.07) is 1.82. The molecule has 0 unspecified atom stereocenters. The van der Waals surface area contributed by atoms with Crippen LogP contribution in [0.1, 0.15) is 38.7 Å². The smallest absolute Gasteiger partial charge is 0.237 e. The van der Waals surface area contributed by atoms with Crippen molar-refractivity contribution in [1.82, 2.24) is 19.8 Å². The largest absolute Gasteiger partial charge is 0.470 e. The summed E-state index contributed by atoms with van der Waals surface area (Å²) in [5.41, 5.74) is 0.828. The Hall–Kier alpha value is -1.74. The highest BCUT2D eigenvalue weighted by Crippen LogP contribution is 2.29. The summed E-state index contributed by atoms with van der Waals surface area (Å²) < 4.78 is 30.0. The molecular formula is C13H21N5O3S. The topological polar surface area (TPSA) is 112 Å². The molecule has 0 amide bonds. The summed E-state index contributed by atoms with van der Waals surface area (Å²) in [4.78, 5) is 4.06. The van der Waals surface area contributed by atoms with Gasteiger partial charge in [0.2, 0.25) is 15.9 Å².